The molecule has 0 bridgehead atoms. The van der Waals surface area contributed by atoms with Crippen LogP contribution in [-0.2, 0) is 4.79 Å². The van der Waals surface area contributed by atoms with E-state index >= 15 is 0 Å². The van der Waals surface area contributed by atoms with Gasteiger partial charge in [0.1, 0.15) is 0 Å². The second kappa shape index (κ2) is 7.34. The average Bonchev–Trinajstić information content (AvgIpc) is 2.53. The predicted molar refractivity (Wildman–Crippen MR) is 76.8 cm³/mol. The fourth-order valence-corrected chi connectivity index (χ4v) is 3.19. The summed E-state index contributed by atoms with van der Waals surface area (Å²) in [5, 5.41) is 0. The van der Waals surface area contributed by atoms with Gasteiger partial charge >= 0.3 is 0 Å². The number of carbonyl (C=O) groups is 1. The standard InChI is InChI=1S/C14H26N2O.ClH/c1-11-4-3-8-16(9-7-11)14(17)12-5-2-6-13(15)10-12;/h11-13H,2-10,15H2,1H3;1H. The smallest absolute Gasteiger partial charge is 0.225 e. The number of nitrogens with two attached hydrogens (primary N) is 1. The van der Waals surface area contributed by atoms with Crippen LogP contribution in [0.1, 0.15) is 51.9 Å². The second-order valence-electron chi connectivity index (χ2n) is 5.98. The molecule has 2 rings (SSSR count). The molecule has 0 spiro atoms. The van der Waals surface area contributed by atoms with E-state index in [1.54, 1.807) is 0 Å². The molecule has 1 aliphatic heterocycles. The van der Waals surface area contributed by atoms with Crippen molar-refractivity contribution in [3.63, 3.8) is 0 Å². The van der Waals surface area contributed by atoms with Gasteiger partial charge in [-0.25, -0.2) is 0 Å². The van der Waals surface area contributed by atoms with E-state index in [1.807, 2.05) is 0 Å². The van der Waals surface area contributed by atoms with Crippen molar-refractivity contribution < 1.29 is 4.79 Å². The van der Waals surface area contributed by atoms with E-state index < -0.39 is 0 Å². The SMILES string of the molecule is CC1CCCN(C(=O)C2CCCC(N)C2)CC1.Cl. The topological polar surface area (TPSA) is 46.3 Å². The van der Waals surface area contributed by atoms with Crippen LogP contribution in [-0.4, -0.2) is 29.9 Å². The minimum atomic E-state index is 0. The van der Waals surface area contributed by atoms with Gasteiger partial charge in [0.2, 0.25) is 5.91 Å². The highest BCUT2D eigenvalue weighted by Gasteiger charge is 2.29. The number of hydrogen-bond donors (Lipinski definition) is 1. The molecular formula is C14H27ClN2O. The third kappa shape index (κ3) is 4.13. The van der Waals surface area contributed by atoms with Crippen molar-refractivity contribution in [3.8, 4) is 0 Å². The zero-order valence-electron chi connectivity index (χ0n) is 11.4. The first-order chi connectivity index (χ1) is 8.16. The summed E-state index contributed by atoms with van der Waals surface area (Å²) in [5.74, 6) is 1.38. The molecule has 1 amide bonds. The highest BCUT2D eigenvalue weighted by Crippen LogP contribution is 2.26. The van der Waals surface area contributed by atoms with Gasteiger partial charge in [0, 0.05) is 25.0 Å². The van der Waals surface area contributed by atoms with E-state index in [9.17, 15) is 4.79 Å². The van der Waals surface area contributed by atoms with Gasteiger partial charge in [-0.15, -0.1) is 12.4 Å². The highest BCUT2D eigenvalue weighted by atomic mass is 35.5. The molecule has 0 radical (unpaired) electrons. The average molecular weight is 275 g/mol. The van der Waals surface area contributed by atoms with Gasteiger partial charge in [-0.1, -0.05) is 13.3 Å². The molecule has 0 aromatic heterocycles. The third-order valence-electron chi connectivity index (χ3n) is 4.39. The third-order valence-corrected chi connectivity index (χ3v) is 4.39. The van der Waals surface area contributed by atoms with Crippen LogP contribution in [0.4, 0.5) is 0 Å². The van der Waals surface area contributed by atoms with Crippen LogP contribution in [0.2, 0.25) is 0 Å². The highest BCUT2D eigenvalue weighted by molar-refractivity contribution is 5.85. The van der Waals surface area contributed by atoms with Gasteiger partial charge < -0.3 is 10.6 Å². The lowest BCUT2D eigenvalue weighted by molar-refractivity contribution is -0.136. The van der Waals surface area contributed by atoms with Crippen molar-refractivity contribution in [2.24, 2.45) is 17.6 Å². The number of nitrogens with zero attached hydrogens (tertiary/aromatic N) is 1. The van der Waals surface area contributed by atoms with Gasteiger partial charge in [0.05, 0.1) is 0 Å². The van der Waals surface area contributed by atoms with Crippen LogP contribution in [0.25, 0.3) is 0 Å². The maximum Gasteiger partial charge on any atom is 0.225 e. The first-order valence-electron chi connectivity index (χ1n) is 7.21. The molecule has 3 unspecified atom stereocenters. The Hall–Kier alpha value is -0.280. The number of halogens is 1. The number of carbonyl (C=O) groups excluding carboxylic acids is 1. The molecule has 1 heterocycles. The maximum atomic E-state index is 12.4. The van der Waals surface area contributed by atoms with Crippen molar-refractivity contribution in [1.29, 1.82) is 0 Å². The summed E-state index contributed by atoms with van der Waals surface area (Å²) in [7, 11) is 0. The Labute approximate surface area is 117 Å². The van der Waals surface area contributed by atoms with Gasteiger partial charge in [0.15, 0.2) is 0 Å². The zero-order valence-corrected chi connectivity index (χ0v) is 12.3. The Balaban J connectivity index is 0.00000162. The Kier molecular flexibility index (Phi) is 6.44. The molecule has 1 saturated carbocycles. The minimum absolute atomic E-state index is 0. The largest absolute Gasteiger partial charge is 0.342 e. The molecule has 18 heavy (non-hydrogen) atoms. The summed E-state index contributed by atoms with van der Waals surface area (Å²) >= 11 is 0. The molecule has 3 atom stereocenters. The van der Waals surface area contributed by atoms with E-state index in [1.165, 1.54) is 19.3 Å². The Morgan fingerprint density at radius 3 is 2.61 bits per heavy atom. The van der Waals surface area contributed by atoms with E-state index in [0.717, 1.165) is 44.7 Å². The van der Waals surface area contributed by atoms with Crippen LogP contribution >= 0.6 is 12.4 Å². The number of amides is 1. The van der Waals surface area contributed by atoms with Gasteiger partial charge in [-0.3, -0.25) is 4.79 Å². The first-order valence-corrected chi connectivity index (χ1v) is 7.21. The van der Waals surface area contributed by atoms with E-state index in [0.29, 0.717) is 5.91 Å². The molecule has 2 aliphatic rings. The van der Waals surface area contributed by atoms with Crippen LogP contribution in [0.15, 0.2) is 0 Å². The van der Waals surface area contributed by atoms with Gasteiger partial charge in [0.25, 0.3) is 0 Å². The number of likely N-dealkylation sites (tertiary alicyclic amines) is 1. The van der Waals surface area contributed by atoms with E-state index in [2.05, 4.69) is 11.8 Å². The van der Waals surface area contributed by atoms with Crippen molar-refractivity contribution in [2.75, 3.05) is 13.1 Å². The molecule has 2 fully saturated rings. The van der Waals surface area contributed by atoms with Gasteiger partial charge in [-0.05, 0) is 44.4 Å². The van der Waals surface area contributed by atoms with Crippen molar-refractivity contribution in [2.45, 2.75) is 57.9 Å². The zero-order chi connectivity index (χ0) is 12.3. The van der Waals surface area contributed by atoms with Crippen LogP contribution < -0.4 is 5.73 Å². The Morgan fingerprint density at radius 1 is 1.11 bits per heavy atom. The second-order valence-corrected chi connectivity index (χ2v) is 5.98. The Morgan fingerprint density at radius 2 is 1.89 bits per heavy atom. The van der Waals surface area contributed by atoms with E-state index in [4.69, 9.17) is 5.73 Å². The lowest BCUT2D eigenvalue weighted by Crippen LogP contribution is -2.41. The fourth-order valence-electron chi connectivity index (χ4n) is 3.19. The summed E-state index contributed by atoms with van der Waals surface area (Å²) in [4.78, 5) is 14.5. The molecule has 3 nitrogen and oxygen atoms in total. The summed E-state index contributed by atoms with van der Waals surface area (Å²) in [6, 6.07) is 0.253. The van der Waals surface area contributed by atoms with Crippen molar-refractivity contribution in [3.05, 3.63) is 0 Å². The quantitative estimate of drug-likeness (QED) is 0.799. The molecule has 4 heteroatoms. The lowest BCUT2D eigenvalue weighted by atomic mass is 9.85. The lowest BCUT2D eigenvalue weighted by Gasteiger charge is -2.30. The molecule has 1 aliphatic carbocycles. The van der Waals surface area contributed by atoms with Crippen LogP contribution in [0, 0.1) is 11.8 Å². The summed E-state index contributed by atoms with van der Waals surface area (Å²) in [5.41, 5.74) is 5.97. The summed E-state index contributed by atoms with van der Waals surface area (Å²) in [6.45, 7) is 4.23. The molecule has 0 aromatic carbocycles. The minimum Gasteiger partial charge on any atom is -0.342 e. The predicted octanol–water partition coefficient (Wildman–Crippen LogP) is 2.57. The molecule has 2 N–H and O–H groups in total. The van der Waals surface area contributed by atoms with Crippen LogP contribution in [0.3, 0.4) is 0 Å². The fraction of sp³-hybridized carbons (Fsp3) is 0.929. The van der Waals surface area contributed by atoms with Crippen molar-refractivity contribution >= 4 is 18.3 Å². The van der Waals surface area contributed by atoms with E-state index in [-0.39, 0.29) is 24.4 Å². The van der Waals surface area contributed by atoms with Crippen LogP contribution in [0.5, 0.6) is 0 Å². The normalized spacial score (nSPS) is 33.4. The monoisotopic (exact) mass is 274 g/mol. The molecule has 106 valence electrons. The first kappa shape index (κ1) is 15.8. The molecular weight excluding hydrogens is 248 g/mol. The molecule has 1 saturated heterocycles. The number of rotatable bonds is 1. The van der Waals surface area contributed by atoms with Crippen molar-refractivity contribution in [1.82, 2.24) is 4.90 Å². The maximum absolute atomic E-state index is 12.4. The number of hydrogen-bond acceptors (Lipinski definition) is 2. The summed E-state index contributed by atoms with van der Waals surface area (Å²) < 4.78 is 0. The summed E-state index contributed by atoms with van der Waals surface area (Å²) in [6.07, 6.45) is 7.80. The van der Waals surface area contributed by atoms with Gasteiger partial charge in [-0.2, -0.15) is 0 Å². The molecule has 0 aromatic rings. The Bertz CT molecular complexity index is 273.